The number of likely N-dealkylation sites (N-methyl/N-ethyl adjacent to an activating group) is 1. The number of nitrogens with zero attached hydrogens (tertiary/aromatic N) is 2. The molecule has 1 amide bonds. The van der Waals surface area contributed by atoms with Crippen LogP contribution in [0.5, 0.6) is 0 Å². The fourth-order valence-corrected chi connectivity index (χ4v) is 1.98. The van der Waals surface area contributed by atoms with Gasteiger partial charge in [-0.05, 0) is 26.8 Å². The molecule has 0 bridgehead atoms. The molecule has 0 aliphatic carbocycles. The monoisotopic (exact) mass is 254 g/mol. The molecule has 1 heterocycles. The average molecular weight is 254 g/mol. The van der Waals surface area contributed by atoms with Gasteiger partial charge in [-0.1, -0.05) is 0 Å². The molecule has 0 saturated carbocycles. The van der Waals surface area contributed by atoms with Crippen LogP contribution in [0.1, 0.15) is 24.5 Å². The number of hydrogen-bond donors (Lipinski definition) is 1. The smallest absolute Gasteiger partial charge is 0.246 e. The van der Waals surface area contributed by atoms with Gasteiger partial charge in [0, 0.05) is 25.0 Å². The van der Waals surface area contributed by atoms with Gasteiger partial charge in [-0.2, -0.15) is 0 Å². The Labute approximate surface area is 106 Å². The predicted octanol–water partition coefficient (Wildman–Crippen LogP) is 1.69. The maximum Gasteiger partial charge on any atom is 0.246 e. The molecule has 1 rings (SSSR count). The summed E-state index contributed by atoms with van der Waals surface area (Å²) in [6, 6.07) is 0. The number of aliphatic hydroxyl groups is 1. The summed E-state index contributed by atoms with van der Waals surface area (Å²) in [6.07, 6.45) is 3.16. The third kappa shape index (κ3) is 5.10. The van der Waals surface area contributed by atoms with E-state index < -0.39 is 5.60 Å². The molecule has 1 N–H and O–H groups in total. The fourth-order valence-electron chi connectivity index (χ4n) is 1.40. The Kier molecular flexibility index (Phi) is 4.42. The zero-order valence-electron chi connectivity index (χ0n) is 10.6. The van der Waals surface area contributed by atoms with Gasteiger partial charge in [0.15, 0.2) is 0 Å². The molecule has 0 fully saturated rings. The number of carbonyl (C=O) groups excluding carboxylic acids is 1. The maximum atomic E-state index is 11.7. The first-order valence-corrected chi connectivity index (χ1v) is 6.23. The number of aromatic nitrogens is 1. The molecule has 0 saturated heterocycles. The van der Waals surface area contributed by atoms with E-state index in [0.717, 1.165) is 10.7 Å². The summed E-state index contributed by atoms with van der Waals surface area (Å²) in [4.78, 5) is 17.4. The van der Waals surface area contributed by atoms with Crippen LogP contribution in [-0.4, -0.2) is 40.1 Å². The topological polar surface area (TPSA) is 53.4 Å². The van der Waals surface area contributed by atoms with E-state index in [4.69, 9.17) is 0 Å². The Bertz CT molecular complexity index is 418. The number of carbonyl (C=O) groups is 1. The number of aryl methyl sites for hydroxylation is 1. The Balaban J connectivity index is 2.57. The Morgan fingerprint density at radius 2 is 2.29 bits per heavy atom. The van der Waals surface area contributed by atoms with E-state index in [2.05, 4.69) is 4.98 Å². The van der Waals surface area contributed by atoms with Crippen LogP contribution >= 0.6 is 11.3 Å². The van der Waals surface area contributed by atoms with Crippen LogP contribution in [0.25, 0.3) is 6.08 Å². The average Bonchev–Trinajstić information content (AvgIpc) is 2.58. The second kappa shape index (κ2) is 5.42. The highest BCUT2D eigenvalue weighted by molar-refractivity contribution is 7.09. The van der Waals surface area contributed by atoms with Crippen molar-refractivity contribution >= 4 is 23.3 Å². The number of hydrogen-bond acceptors (Lipinski definition) is 4. The molecule has 0 aromatic carbocycles. The highest BCUT2D eigenvalue weighted by Gasteiger charge is 2.17. The Morgan fingerprint density at radius 3 is 2.76 bits per heavy atom. The fraction of sp³-hybridized carbons (Fsp3) is 0.500. The summed E-state index contributed by atoms with van der Waals surface area (Å²) in [7, 11) is 1.66. The predicted molar refractivity (Wildman–Crippen MR) is 69.8 cm³/mol. The first kappa shape index (κ1) is 13.9. The minimum atomic E-state index is -0.879. The van der Waals surface area contributed by atoms with E-state index in [1.807, 2.05) is 12.3 Å². The SMILES string of the molecule is Cc1nc(/C=C/C(=O)N(C)CC(C)(C)O)cs1. The maximum absolute atomic E-state index is 11.7. The summed E-state index contributed by atoms with van der Waals surface area (Å²) in [5, 5.41) is 12.5. The second-order valence-electron chi connectivity index (χ2n) is 4.63. The van der Waals surface area contributed by atoms with Crippen LogP contribution in [0.4, 0.5) is 0 Å². The zero-order chi connectivity index (χ0) is 13.1. The normalized spacial score (nSPS) is 12.1. The van der Waals surface area contributed by atoms with Crippen LogP contribution in [0, 0.1) is 6.92 Å². The lowest BCUT2D eigenvalue weighted by molar-refractivity contribution is -0.127. The van der Waals surface area contributed by atoms with Crippen molar-refractivity contribution in [2.45, 2.75) is 26.4 Å². The van der Waals surface area contributed by atoms with Gasteiger partial charge in [0.2, 0.25) is 5.91 Å². The van der Waals surface area contributed by atoms with Crippen molar-refractivity contribution in [3.8, 4) is 0 Å². The van der Waals surface area contributed by atoms with Crippen molar-refractivity contribution in [1.29, 1.82) is 0 Å². The number of rotatable bonds is 4. The van der Waals surface area contributed by atoms with E-state index in [9.17, 15) is 9.90 Å². The summed E-state index contributed by atoms with van der Waals surface area (Å²) >= 11 is 1.55. The summed E-state index contributed by atoms with van der Waals surface area (Å²) in [6.45, 7) is 5.56. The number of amides is 1. The zero-order valence-corrected chi connectivity index (χ0v) is 11.4. The quantitative estimate of drug-likeness (QED) is 0.832. The molecular formula is C12H18N2O2S. The van der Waals surface area contributed by atoms with Gasteiger partial charge in [0.1, 0.15) is 0 Å². The molecule has 0 aliphatic rings. The Morgan fingerprint density at radius 1 is 1.65 bits per heavy atom. The standard InChI is InChI=1S/C12H18N2O2S/c1-9-13-10(7-17-9)5-6-11(15)14(4)8-12(2,3)16/h5-7,16H,8H2,1-4H3/b6-5+. The minimum absolute atomic E-state index is 0.141. The van der Waals surface area contributed by atoms with Crippen molar-refractivity contribution < 1.29 is 9.90 Å². The van der Waals surface area contributed by atoms with Gasteiger partial charge < -0.3 is 10.0 Å². The van der Waals surface area contributed by atoms with E-state index in [1.54, 1.807) is 38.3 Å². The second-order valence-corrected chi connectivity index (χ2v) is 5.69. The highest BCUT2D eigenvalue weighted by atomic mass is 32.1. The lowest BCUT2D eigenvalue weighted by Gasteiger charge is -2.24. The first-order valence-electron chi connectivity index (χ1n) is 5.35. The summed E-state index contributed by atoms with van der Waals surface area (Å²) in [5.41, 5.74) is -0.0901. The van der Waals surface area contributed by atoms with Crippen molar-refractivity contribution in [1.82, 2.24) is 9.88 Å². The van der Waals surface area contributed by atoms with Crippen LogP contribution < -0.4 is 0 Å². The first-order chi connectivity index (χ1) is 7.78. The molecule has 0 spiro atoms. The van der Waals surface area contributed by atoms with Crippen LogP contribution in [0.3, 0.4) is 0 Å². The molecule has 1 aromatic heterocycles. The van der Waals surface area contributed by atoms with Crippen molar-refractivity contribution in [3.05, 3.63) is 22.2 Å². The van der Waals surface area contributed by atoms with E-state index in [1.165, 1.54) is 11.0 Å². The molecule has 17 heavy (non-hydrogen) atoms. The molecular weight excluding hydrogens is 236 g/mol. The lowest BCUT2D eigenvalue weighted by Crippen LogP contribution is -2.38. The molecule has 4 nitrogen and oxygen atoms in total. The molecule has 1 aromatic rings. The van der Waals surface area contributed by atoms with Gasteiger partial charge in [0.25, 0.3) is 0 Å². The van der Waals surface area contributed by atoms with E-state index >= 15 is 0 Å². The highest BCUT2D eigenvalue weighted by Crippen LogP contribution is 2.10. The summed E-state index contributed by atoms with van der Waals surface area (Å²) < 4.78 is 0. The van der Waals surface area contributed by atoms with Crippen molar-refractivity contribution in [3.63, 3.8) is 0 Å². The van der Waals surface area contributed by atoms with Gasteiger partial charge in [-0.3, -0.25) is 4.79 Å². The molecule has 0 aliphatic heterocycles. The largest absolute Gasteiger partial charge is 0.389 e. The van der Waals surface area contributed by atoms with Gasteiger partial charge in [-0.15, -0.1) is 11.3 Å². The van der Waals surface area contributed by atoms with Crippen LogP contribution in [-0.2, 0) is 4.79 Å². The number of thiazole rings is 1. The lowest BCUT2D eigenvalue weighted by atomic mass is 10.1. The van der Waals surface area contributed by atoms with Gasteiger partial charge >= 0.3 is 0 Å². The Hall–Kier alpha value is -1.20. The minimum Gasteiger partial charge on any atom is -0.389 e. The van der Waals surface area contributed by atoms with E-state index in [0.29, 0.717) is 6.54 Å². The molecule has 5 heteroatoms. The van der Waals surface area contributed by atoms with Crippen LogP contribution in [0.15, 0.2) is 11.5 Å². The van der Waals surface area contributed by atoms with Crippen LogP contribution in [0.2, 0.25) is 0 Å². The molecule has 0 radical (unpaired) electrons. The molecule has 94 valence electrons. The van der Waals surface area contributed by atoms with Crippen molar-refractivity contribution in [2.24, 2.45) is 0 Å². The van der Waals surface area contributed by atoms with Gasteiger partial charge in [0.05, 0.1) is 16.3 Å². The van der Waals surface area contributed by atoms with E-state index in [-0.39, 0.29) is 5.91 Å². The van der Waals surface area contributed by atoms with Crippen molar-refractivity contribution in [2.75, 3.05) is 13.6 Å². The van der Waals surface area contributed by atoms with Gasteiger partial charge in [-0.25, -0.2) is 4.98 Å². The third-order valence-corrected chi connectivity index (χ3v) is 2.83. The molecule has 0 atom stereocenters. The summed E-state index contributed by atoms with van der Waals surface area (Å²) in [5.74, 6) is -0.141. The molecule has 0 unspecified atom stereocenters. The third-order valence-electron chi connectivity index (χ3n) is 2.03.